The maximum Gasteiger partial charge on any atom is 0.273 e. The summed E-state index contributed by atoms with van der Waals surface area (Å²) < 4.78 is 10.5. The lowest BCUT2D eigenvalue weighted by molar-refractivity contribution is 0.0942. The average molecular weight is 291 g/mol. The van der Waals surface area contributed by atoms with Crippen LogP contribution in [-0.2, 0) is 0 Å². The van der Waals surface area contributed by atoms with Gasteiger partial charge in [-0.25, -0.2) is 4.98 Å². The first-order valence-electron chi connectivity index (χ1n) is 6.48. The Bertz CT molecular complexity index is 571. The standard InChI is InChI=1S/C14H17N3O4/c15-11(8-18)14-17-12(9-21-14)13(19)16-6-7-20-10-4-2-1-3-5-10/h1-5,9,11,18H,6-8,15H2,(H,16,19). The van der Waals surface area contributed by atoms with Gasteiger partial charge in [0.15, 0.2) is 5.69 Å². The predicted octanol–water partition coefficient (Wildman–Crippen LogP) is 0.475. The molecule has 1 aromatic carbocycles. The van der Waals surface area contributed by atoms with Crippen molar-refractivity contribution in [2.24, 2.45) is 5.73 Å². The molecule has 0 fully saturated rings. The zero-order chi connectivity index (χ0) is 15.1. The molecule has 1 aromatic heterocycles. The Balaban J connectivity index is 1.75. The lowest BCUT2D eigenvalue weighted by Gasteiger charge is -2.06. The molecule has 112 valence electrons. The third kappa shape index (κ3) is 4.30. The van der Waals surface area contributed by atoms with Gasteiger partial charge >= 0.3 is 0 Å². The summed E-state index contributed by atoms with van der Waals surface area (Å²) in [6, 6.07) is 8.58. The molecule has 4 N–H and O–H groups in total. The number of aliphatic hydroxyl groups excluding tert-OH is 1. The monoisotopic (exact) mass is 291 g/mol. The van der Waals surface area contributed by atoms with Crippen LogP contribution in [0.3, 0.4) is 0 Å². The number of carbonyl (C=O) groups is 1. The zero-order valence-electron chi connectivity index (χ0n) is 11.4. The van der Waals surface area contributed by atoms with Crippen molar-refractivity contribution < 1.29 is 19.1 Å². The van der Waals surface area contributed by atoms with E-state index < -0.39 is 6.04 Å². The van der Waals surface area contributed by atoms with E-state index in [-0.39, 0.29) is 24.1 Å². The number of aromatic nitrogens is 1. The van der Waals surface area contributed by atoms with Gasteiger partial charge in [-0.1, -0.05) is 18.2 Å². The van der Waals surface area contributed by atoms with Crippen LogP contribution < -0.4 is 15.8 Å². The highest BCUT2D eigenvalue weighted by atomic mass is 16.5. The molecule has 7 heteroatoms. The number of ether oxygens (including phenoxy) is 1. The van der Waals surface area contributed by atoms with Crippen molar-refractivity contribution in [2.75, 3.05) is 19.8 Å². The van der Waals surface area contributed by atoms with Crippen LogP contribution in [0.4, 0.5) is 0 Å². The minimum absolute atomic E-state index is 0.119. The number of hydrogen-bond acceptors (Lipinski definition) is 6. The highest BCUT2D eigenvalue weighted by Gasteiger charge is 2.15. The number of nitrogens with zero attached hydrogens (tertiary/aromatic N) is 1. The molecule has 1 unspecified atom stereocenters. The molecule has 0 saturated carbocycles. The smallest absolute Gasteiger partial charge is 0.273 e. The van der Waals surface area contributed by atoms with Gasteiger partial charge in [0.2, 0.25) is 5.89 Å². The van der Waals surface area contributed by atoms with Crippen molar-refractivity contribution in [1.29, 1.82) is 0 Å². The Hall–Kier alpha value is -2.38. The second-order valence-electron chi connectivity index (χ2n) is 4.28. The Morgan fingerprint density at radius 3 is 2.90 bits per heavy atom. The Kier molecular flexibility index (Phi) is 5.30. The first-order chi connectivity index (χ1) is 10.2. The highest BCUT2D eigenvalue weighted by molar-refractivity contribution is 5.91. The molecule has 0 bridgehead atoms. The topological polar surface area (TPSA) is 111 Å². The van der Waals surface area contributed by atoms with Crippen LogP contribution in [0, 0.1) is 0 Å². The van der Waals surface area contributed by atoms with Crippen molar-refractivity contribution in [3.05, 3.63) is 48.2 Å². The van der Waals surface area contributed by atoms with E-state index in [0.717, 1.165) is 5.75 Å². The summed E-state index contributed by atoms with van der Waals surface area (Å²) >= 11 is 0. The molecule has 0 radical (unpaired) electrons. The van der Waals surface area contributed by atoms with E-state index in [0.29, 0.717) is 13.2 Å². The third-order valence-corrected chi connectivity index (χ3v) is 2.67. The summed E-state index contributed by atoms with van der Waals surface area (Å²) in [5.41, 5.74) is 5.65. The molecule has 1 amide bonds. The summed E-state index contributed by atoms with van der Waals surface area (Å²) in [7, 11) is 0. The highest BCUT2D eigenvalue weighted by Crippen LogP contribution is 2.09. The lowest BCUT2D eigenvalue weighted by Crippen LogP contribution is -2.28. The number of aliphatic hydroxyl groups is 1. The molecule has 0 saturated heterocycles. The van der Waals surface area contributed by atoms with E-state index in [4.69, 9.17) is 20.0 Å². The largest absolute Gasteiger partial charge is 0.492 e. The number of carbonyl (C=O) groups excluding carboxylic acids is 1. The fraction of sp³-hybridized carbons (Fsp3) is 0.286. The maximum absolute atomic E-state index is 11.8. The van der Waals surface area contributed by atoms with Crippen molar-refractivity contribution in [1.82, 2.24) is 10.3 Å². The van der Waals surface area contributed by atoms with E-state index in [9.17, 15) is 4.79 Å². The summed E-state index contributed by atoms with van der Waals surface area (Å²) in [6.45, 7) is 0.380. The molecule has 0 aliphatic carbocycles. The Morgan fingerprint density at radius 1 is 1.43 bits per heavy atom. The number of rotatable bonds is 7. The number of oxazole rings is 1. The van der Waals surface area contributed by atoms with E-state index in [1.165, 1.54) is 6.26 Å². The van der Waals surface area contributed by atoms with Crippen LogP contribution >= 0.6 is 0 Å². The minimum Gasteiger partial charge on any atom is -0.492 e. The Labute approximate surface area is 121 Å². The molecule has 1 atom stereocenters. The van der Waals surface area contributed by atoms with Crippen LogP contribution in [0.1, 0.15) is 22.4 Å². The van der Waals surface area contributed by atoms with Gasteiger partial charge in [-0.15, -0.1) is 0 Å². The average Bonchev–Trinajstić information content (AvgIpc) is 3.01. The van der Waals surface area contributed by atoms with Crippen LogP contribution in [-0.4, -0.2) is 35.8 Å². The molecule has 1 heterocycles. The summed E-state index contributed by atoms with van der Waals surface area (Å²) in [5, 5.41) is 11.5. The fourth-order valence-electron chi connectivity index (χ4n) is 1.58. The molecular formula is C14H17N3O4. The number of amides is 1. The quantitative estimate of drug-likeness (QED) is 0.640. The minimum atomic E-state index is -0.729. The number of hydrogen-bond donors (Lipinski definition) is 3. The first kappa shape index (κ1) is 15.0. The molecule has 0 aliphatic rings. The van der Waals surface area contributed by atoms with E-state index in [2.05, 4.69) is 10.3 Å². The van der Waals surface area contributed by atoms with Crippen molar-refractivity contribution in [2.45, 2.75) is 6.04 Å². The molecule has 2 rings (SSSR count). The zero-order valence-corrected chi connectivity index (χ0v) is 11.4. The molecule has 0 aliphatic heterocycles. The van der Waals surface area contributed by atoms with Gasteiger partial charge in [-0.05, 0) is 12.1 Å². The molecule has 2 aromatic rings. The second kappa shape index (κ2) is 7.41. The third-order valence-electron chi connectivity index (χ3n) is 2.67. The number of nitrogens with two attached hydrogens (primary N) is 1. The Morgan fingerprint density at radius 2 is 2.19 bits per heavy atom. The van der Waals surface area contributed by atoms with Crippen molar-refractivity contribution >= 4 is 5.91 Å². The SMILES string of the molecule is NC(CO)c1nc(C(=O)NCCOc2ccccc2)co1. The van der Waals surface area contributed by atoms with Crippen molar-refractivity contribution in [3.63, 3.8) is 0 Å². The number of benzene rings is 1. The summed E-state index contributed by atoms with van der Waals surface area (Å²) in [4.78, 5) is 15.7. The molecule has 21 heavy (non-hydrogen) atoms. The van der Waals surface area contributed by atoms with Gasteiger partial charge in [0.1, 0.15) is 24.7 Å². The predicted molar refractivity (Wildman–Crippen MR) is 74.8 cm³/mol. The summed E-state index contributed by atoms with van der Waals surface area (Å²) in [6.07, 6.45) is 1.21. The maximum atomic E-state index is 11.8. The number of nitrogens with one attached hydrogen (secondary N) is 1. The second-order valence-corrected chi connectivity index (χ2v) is 4.28. The van der Waals surface area contributed by atoms with Crippen LogP contribution in [0.5, 0.6) is 5.75 Å². The van der Waals surface area contributed by atoms with E-state index in [1.807, 2.05) is 30.3 Å². The van der Waals surface area contributed by atoms with Gasteiger partial charge < -0.3 is 25.3 Å². The van der Waals surface area contributed by atoms with Gasteiger partial charge in [0, 0.05) is 0 Å². The molecular weight excluding hydrogens is 274 g/mol. The van der Waals surface area contributed by atoms with Crippen LogP contribution in [0.25, 0.3) is 0 Å². The first-order valence-corrected chi connectivity index (χ1v) is 6.48. The summed E-state index contributed by atoms with van der Waals surface area (Å²) in [5.74, 6) is 0.486. The molecule has 7 nitrogen and oxygen atoms in total. The van der Waals surface area contributed by atoms with E-state index >= 15 is 0 Å². The van der Waals surface area contributed by atoms with E-state index in [1.54, 1.807) is 0 Å². The number of para-hydroxylation sites is 1. The fourth-order valence-corrected chi connectivity index (χ4v) is 1.58. The lowest BCUT2D eigenvalue weighted by atomic mass is 10.3. The molecule has 0 spiro atoms. The van der Waals surface area contributed by atoms with Crippen molar-refractivity contribution in [3.8, 4) is 5.75 Å². The van der Waals surface area contributed by atoms with Gasteiger partial charge in [-0.2, -0.15) is 0 Å². The van der Waals surface area contributed by atoms with Gasteiger partial charge in [-0.3, -0.25) is 4.79 Å². The van der Waals surface area contributed by atoms with Gasteiger partial charge in [0.05, 0.1) is 13.2 Å². The normalized spacial score (nSPS) is 11.9. The van der Waals surface area contributed by atoms with Gasteiger partial charge in [0.25, 0.3) is 5.91 Å². The van der Waals surface area contributed by atoms with Crippen LogP contribution in [0.15, 0.2) is 41.0 Å². The van der Waals surface area contributed by atoms with Crippen LogP contribution in [0.2, 0.25) is 0 Å².